The lowest BCUT2D eigenvalue weighted by Gasteiger charge is -2.36. The Balaban J connectivity index is 2.57. The second-order valence-electron chi connectivity index (χ2n) is 2.98. The second-order valence-corrected chi connectivity index (χ2v) is 4.47. The number of carbonyl (C=O) groups is 1. The Bertz CT molecular complexity index is 174. The van der Waals surface area contributed by atoms with Gasteiger partial charge in [0.15, 0.2) is 0 Å². The molecule has 12 heavy (non-hydrogen) atoms. The molecule has 1 rings (SSSR count). The van der Waals surface area contributed by atoms with Crippen LogP contribution >= 0.6 is 11.8 Å². The minimum atomic E-state index is -0.199. The highest BCUT2D eigenvalue weighted by atomic mass is 32.2. The van der Waals surface area contributed by atoms with Crippen molar-refractivity contribution in [1.82, 2.24) is 4.90 Å². The van der Waals surface area contributed by atoms with Crippen molar-refractivity contribution in [2.75, 3.05) is 19.4 Å². The lowest BCUT2D eigenvalue weighted by molar-refractivity contribution is 0.109. The van der Waals surface area contributed by atoms with Crippen molar-refractivity contribution in [1.29, 1.82) is 0 Å². The molecular formula is C8H15NO2S. The monoisotopic (exact) mass is 189 g/mol. The number of rotatable bonds is 0. The molecule has 1 amide bonds. The number of thioether (sulfide) groups is 1. The number of methoxy groups -OCH3 is 1. The molecule has 3 nitrogen and oxygen atoms in total. The minimum absolute atomic E-state index is 0.199. The number of hydrogen-bond acceptors (Lipinski definition) is 3. The molecule has 1 aliphatic rings. The molecule has 70 valence electrons. The molecule has 0 unspecified atom stereocenters. The number of amides is 1. The molecule has 0 aromatic carbocycles. The molecule has 0 radical (unpaired) electrons. The van der Waals surface area contributed by atoms with Gasteiger partial charge in [0.25, 0.3) is 0 Å². The molecular weight excluding hydrogens is 174 g/mol. The normalized spacial score (nSPS) is 30.1. The van der Waals surface area contributed by atoms with E-state index in [4.69, 9.17) is 0 Å². The molecule has 0 bridgehead atoms. The summed E-state index contributed by atoms with van der Waals surface area (Å²) in [5.41, 5.74) is 0. The minimum Gasteiger partial charge on any atom is -0.453 e. The van der Waals surface area contributed by atoms with E-state index in [-0.39, 0.29) is 12.1 Å². The molecule has 1 saturated heterocycles. The molecule has 0 saturated carbocycles. The van der Waals surface area contributed by atoms with Crippen LogP contribution < -0.4 is 0 Å². The topological polar surface area (TPSA) is 29.5 Å². The van der Waals surface area contributed by atoms with Crippen molar-refractivity contribution < 1.29 is 9.53 Å². The van der Waals surface area contributed by atoms with Crippen molar-refractivity contribution in [3.63, 3.8) is 0 Å². The lowest BCUT2D eigenvalue weighted by atomic mass is 10.2. The SMILES string of the molecule is COC(=O)N1CCS[C@@H](C)[C@H]1C. The zero-order valence-electron chi connectivity index (χ0n) is 7.74. The van der Waals surface area contributed by atoms with Crippen LogP contribution in [0.25, 0.3) is 0 Å². The third kappa shape index (κ3) is 1.86. The van der Waals surface area contributed by atoms with Gasteiger partial charge in [0.05, 0.1) is 7.11 Å². The van der Waals surface area contributed by atoms with Crippen molar-refractivity contribution in [3.8, 4) is 0 Å². The largest absolute Gasteiger partial charge is 0.453 e. The summed E-state index contributed by atoms with van der Waals surface area (Å²) in [5.74, 6) is 1.01. The van der Waals surface area contributed by atoms with Crippen LogP contribution in [0, 0.1) is 0 Å². The van der Waals surface area contributed by atoms with Crippen LogP contribution in [0.4, 0.5) is 4.79 Å². The van der Waals surface area contributed by atoms with E-state index < -0.39 is 0 Å². The van der Waals surface area contributed by atoms with Crippen LogP contribution in [0.5, 0.6) is 0 Å². The van der Waals surface area contributed by atoms with Gasteiger partial charge in [0.1, 0.15) is 0 Å². The number of ether oxygens (including phenoxy) is 1. The predicted octanol–water partition coefficient (Wildman–Crippen LogP) is 1.58. The van der Waals surface area contributed by atoms with Crippen LogP contribution in [0.2, 0.25) is 0 Å². The van der Waals surface area contributed by atoms with Crippen LogP contribution in [0.15, 0.2) is 0 Å². The maximum Gasteiger partial charge on any atom is 0.409 e. The second kappa shape index (κ2) is 4.03. The summed E-state index contributed by atoms with van der Waals surface area (Å²) in [5, 5.41) is 0.512. The first-order chi connectivity index (χ1) is 5.66. The Kier molecular flexibility index (Phi) is 3.26. The van der Waals surface area contributed by atoms with E-state index >= 15 is 0 Å². The van der Waals surface area contributed by atoms with E-state index in [1.165, 1.54) is 7.11 Å². The number of hydrogen-bond donors (Lipinski definition) is 0. The third-order valence-corrected chi connectivity index (χ3v) is 3.63. The smallest absolute Gasteiger partial charge is 0.409 e. The average Bonchev–Trinajstić information content (AvgIpc) is 2.08. The predicted molar refractivity (Wildman–Crippen MR) is 50.5 cm³/mol. The summed E-state index contributed by atoms with van der Waals surface area (Å²) in [6.45, 7) is 5.01. The van der Waals surface area contributed by atoms with E-state index in [1.807, 2.05) is 11.8 Å². The summed E-state index contributed by atoms with van der Waals surface area (Å²) in [4.78, 5) is 13.0. The molecule has 1 fully saturated rings. The molecule has 0 aromatic rings. The first kappa shape index (κ1) is 9.71. The molecule has 0 spiro atoms. The average molecular weight is 189 g/mol. The Morgan fingerprint density at radius 1 is 1.58 bits per heavy atom. The fourth-order valence-corrected chi connectivity index (χ4v) is 2.41. The maximum atomic E-state index is 11.2. The van der Waals surface area contributed by atoms with E-state index in [0.717, 1.165) is 12.3 Å². The first-order valence-electron chi connectivity index (χ1n) is 4.13. The number of nitrogens with zero attached hydrogens (tertiary/aromatic N) is 1. The van der Waals surface area contributed by atoms with E-state index in [1.54, 1.807) is 4.90 Å². The molecule has 0 aliphatic carbocycles. The van der Waals surface area contributed by atoms with Gasteiger partial charge < -0.3 is 9.64 Å². The van der Waals surface area contributed by atoms with Crippen molar-refractivity contribution in [2.24, 2.45) is 0 Å². The van der Waals surface area contributed by atoms with Crippen LogP contribution in [0.1, 0.15) is 13.8 Å². The van der Waals surface area contributed by atoms with Gasteiger partial charge in [0, 0.05) is 23.6 Å². The van der Waals surface area contributed by atoms with Gasteiger partial charge in [-0.15, -0.1) is 0 Å². The Morgan fingerprint density at radius 2 is 2.25 bits per heavy atom. The van der Waals surface area contributed by atoms with Crippen LogP contribution in [-0.4, -0.2) is 41.7 Å². The van der Waals surface area contributed by atoms with Gasteiger partial charge in [-0.1, -0.05) is 6.92 Å². The van der Waals surface area contributed by atoms with Gasteiger partial charge in [-0.25, -0.2) is 4.79 Å². The third-order valence-electron chi connectivity index (χ3n) is 2.29. The molecule has 2 atom stereocenters. The van der Waals surface area contributed by atoms with Gasteiger partial charge >= 0.3 is 6.09 Å². The van der Waals surface area contributed by atoms with E-state index in [9.17, 15) is 4.79 Å². The van der Waals surface area contributed by atoms with Gasteiger partial charge in [-0.2, -0.15) is 11.8 Å². The Hall–Kier alpha value is -0.380. The Morgan fingerprint density at radius 3 is 2.83 bits per heavy atom. The standard InChI is InChI=1S/C8H15NO2S/c1-6-7(2)12-5-4-9(6)8(10)11-3/h6-7H,4-5H2,1-3H3/t6-,7+/m1/s1. The van der Waals surface area contributed by atoms with E-state index in [2.05, 4.69) is 18.6 Å². The highest BCUT2D eigenvalue weighted by Gasteiger charge is 2.29. The van der Waals surface area contributed by atoms with Crippen molar-refractivity contribution >= 4 is 17.9 Å². The van der Waals surface area contributed by atoms with Gasteiger partial charge in [-0.3, -0.25) is 0 Å². The summed E-state index contributed by atoms with van der Waals surface area (Å²) < 4.78 is 4.69. The van der Waals surface area contributed by atoms with Crippen LogP contribution in [-0.2, 0) is 4.74 Å². The number of carbonyl (C=O) groups excluding carboxylic acids is 1. The summed E-state index contributed by atoms with van der Waals surface area (Å²) in [6, 6.07) is 0.288. The fraction of sp³-hybridized carbons (Fsp3) is 0.875. The fourth-order valence-electron chi connectivity index (χ4n) is 1.31. The van der Waals surface area contributed by atoms with Gasteiger partial charge in [-0.05, 0) is 6.92 Å². The molecule has 0 aromatic heterocycles. The lowest BCUT2D eigenvalue weighted by Crippen LogP contribution is -2.47. The molecule has 4 heteroatoms. The van der Waals surface area contributed by atoms with E-state index in [0.29, 0.717) is 5.25 Å². The highest BCUT2D eigenvalue weighted by molar-refractivity contribution is 8.00. The van der Waals surface area contributed by atoms with Gasteiger partial charge in [0.2, 0.25) is 0 Å². The zero-order chi connectivity index (χ0) is 9.14. The highest BCUT2D eigenvalue weighted by Crippen LogP contribution is 2.24. The quantitative estimate of drug-likeness (QED) is 0.579. The summed E-state index contributed by atoms with van der Waals surface area (Å²) in [6.07, 6.45) is -0.199. The first-order valence-corrected chi connectivity index (χ1v) is 5.18. The summed E-state index contributed by atoms with van der Waals surface area (Å²) in [7, 11) is 1.43. The van der Waals surface area contributed by atoms with Crippen molar-refractivity contribution in [3.05, 3.63) is 0 Å². The van der Waals surface area contributed by atoms with Crippen molar-refractivity contribution in [2.45, 2.75) is 25.1 Å². The molecule has 0 N–H and O–H groups in total. The molecule has 1 aliphatic heterocycles. The zero-order valence-corrected chi connectivity index (χ0v) is 8.56. The Labute approximate surface area is 77.4 Å². The summed E-state index contributed by atoms with van der Waals surface area (Å²) >= 11 is 1.91. The maximum absolute atomic E-state index is 11.2. The van der Waals surface area contributed by atoms with Crippen LogP contribution in [0.3, 0.4) is 0 Å². The molecule has 1 heterocycles.